The van der Waals surface area contributed by atoms with Gasteiger partial charge in [0, 0.05) is 12.0 Å². The van der Waals surface area contributed by atoms with Crippen LogP contribution in [0.2, 0.25) is 0 Å². The Labute approximate surface area is 176 Å². The van der Waals surface area contributed by atoms with Crippen molar-refractivity contribution in [3.05, 3.63) is 63.1 Å². The zero-order chi connectivity index (χ0) is 19.9. The van der Waals surface area contributed by atoms with Crippen LogP contribution in [-0.4, -0.2) is 29.8 Å². The molecule has 0 bridgehead atoms. The van der Waals surface area contributed by atoms with E-state index >= 15 is 0 Å². The van der Waals surface area contributed by atoms with Crippen molar-refractivity contribution in [1.29, 1.82) is 0 Å². The molecule has 0 spiro atoms. The molecule has 1 amide bonds. The van der Waals surface area contributed by atoms with Gasteiger partial charge in [0.2, 0.25) is 5.13 Å². The van der Waals surface area contributed by atoms with Gasteiger partial charge in [-0.15, -0.1) is 10.2 Å². The van der Waals surface area contributed by atoms with Gasteiger partial charge in [-0.2, -0.15) is 0 Å². The van der Waals surface area contributed by atoms with Crippen LogP contribution in [0, 0.1) is 0 Å². The molecule has 1 N–H and O–H groups in total. The van der Waals surface area contributed by atoms with Gasteiger partial charge >= 0.3 is 0 Å². The molecule has 0 aliphatic carbocycles. The molecular weight excluding hydrogens is 442 g/mol. The average molecular weight is 462 g/mol. The van der Waals surface area contributed by atoms with Crippen molar-refractivity contribution in [1.82, 2.24) is 10.2 Å². The predicted octanol–water partition coefficient (Wildman–Crippen LogP) is 4.94. The molecule has 0 radical (unpaired) electrons. The first-order chi connectivity index (χ1) is 13.6. The fourth-order valence-electron chi connectivity index (χ4n) is 2.51. The van der Waals surface area contributed by atoms with E-state index in [4.69, 9.17) is 9.47 Å². The summed E-state index contributed by atoms with van der Waals surface area (Å²) in [5, 5.41) is 12.3. The Morgan fingerprint density at radius 1 is 1.21 bits per heavy atom. The average Bonchev–Trinajstić information content (AvgIpc) is 3.13. The van der Waals surface area contributed by atoms with Gasteiger partial charge in [-0.1, -0.05) is 48.6 Å². The van der Waals surface area contributed by atoms with Gasteiger partial charge in [-0.05, 0) is 40.0 Å². The lowest BCUT2D eigenvalue weighted by Gasteiger charge is -2.13. The number of nitrogens with one attached hydrogen (secondary N) is 1. The fourth-order valence-corrected chi connectivity index (χ4v) is 3.84. The molecule has 0 aliphatic heterocycles. The first-order valence-corrected chi connectivity index (χ1v) is 10.4. The molecule has 6 nitrogen and oxygen atoms in total. The van der Waals surface area contributed by atoms with E-state index in [1.807, 2.05) is 37.3 Å². The number of amides is 1. The molecule has 8 heteroatoms. The second-order valence-electron chi connectivity index (χ2n) is 5.96. The van der Waals surface area contributed by atoms with Gasteiger partial charge in [0.05, 0.1) is 18.2 Å². The quantitative estimate of drug-likeness (QED) is 0.513. The van der Waals surface area contributed by atoms with E-state index in [0.717, 1.165) is 17.0 Å². The monoisotopic (exact) mass is 461 g/mol. The minimum atomic E-state index is -0.288. The number of ether oxygens (including phenoxy) is 2. The molecule has 0 unspecified atom stereocenters. The summed E-state index contributed by atoms with van der Waals surface area (Å²) in [6.07, 6.45) is 1.55. The summed E-state index contributed by atoms with van der Waals surface area (Å²) in [5.41, 5.74) is 1.58. The maximum Gasteiger partial charge on any atom is 0.257 e. The topological polar surface area (TPSA) is 73.3 Å². The van der Waals surface area contributed by atoms with Crippen LogP contribution in [0.4, 0.5) is 5.13 Å². The number of nitrogens with zero attached hydrogens (tertiary/aromatic N) is 2. The first-order valence-electron chi connectivity index (χ1n) is 8.78. The van der Waals surface area contributed by atoms with E-state index in [-0.39, 0.29) is 5.91 Å². The number of methoxy groups -OCH3 is 1. The van der Waals surface area contributed by atoms with Crippen LogP contribution in [0.1, 0.15) is 34.3 Å². The minimum Gasteiger partial charge on any atom is -0.493 e. The van der Waals surface area contributed by atoms with E-state index in [0.29, 0.717) is 39.7 Å². The van der Waals surface area contributed by atoms with Gasteiger partial charge in [0.15, 0.2) is 11.5 Å². The highest BCUT2D eigenvalue weighted by Gasteiger charge is 2.17. The lowest BCUT2D eigenvalue weighted by atomic mass is 10.2. The molecule has 0 fully saturated rings. The van der Waals surface area contributed by atoms with Gasteiger partial charge < -0.3 is 9.47 Å². The van der Waals surface area contributed by atoms with E-state index in [1.54, 1.807) is 19.2 Å². The van der Waals surface area contributed by atoms with Crippen molar-refractivity contribution in [2.75, 3.05) is 19.0 Å². The number of aromatic nitrogens is 2. The normalized spacial score (nSPS) is 10.5. The predicted molar refractivity (Wildman–Crippen MR) is 114 cm³/mol. The Balaban J connectivity index is 1.72. The molecule has 0 saturated heterocycles. The van der Waals surface area contributed by atoms with Crippen LogP contribution >= 0.6 is 27.3 Å². The molecular formula is C20H20BrN3O3S. The molecule has 1 heterocycles. The number of benzene rings is 2. The Bertz CT molecular complexity index is 947. The largest absolute Gasteiger partial charge is 0.493 e. The lowest BCUT2D eigenvalue weighted by Crippen LogP contribution is -2.12. The number of hydrogen-bond donors (Lipinski definition) is 1. The maximum absolute atomic E-state index is 12.6. The SMILES string of the molecule is CCCOc1c(Br)cc(C(=O)Nc2nnc(Cc3ccccc3)s2)cc1OC. The fraction of sp³-hybridized carbons (Fsp3) is 0.250. The highest BCUT2D eigenvalue weighted by atomic mass is 79.9. The number of halogens is 1. The number of carbonyl (C=O) groups is 1. The minimum absolute atomic E-state index is 0.288. The third kappa shape index (κ3) is 5.08. The zero-order valence-electron chi connectivity index (χ0n) is 15.6. The molecule has 28 heavy (non-hydrogen) atoms. The molecule has 146 valence electrons. The third-order valence-electron chi connectivity index (χ3n) is 3.83. The smallest absolute Gasteiger partial charge is 0.257 e. The van der Waals surface area contributed by atoms with E-state index in [1.165, 1.54) is 11.3 Å². The van der Waals surface area contributed by atoms with Gasteiger partial charge in [0.1, 0.15) is 5.01 Å². The summed E-state index contributed by atoms with van der Waals surface area (Å²) in [7, 11) is 1.54. The van der Waals surface area contributed by atoms with Crippen LogP contribution in [-0.2, 0) is 6.42 Å². The standard InChI is InChI=1S/C20H20BrN3O3S/c1-3-9-27-18-15(21)11-14(12-16(18)26-2)19(25)22-20-24-23-17(28-20)10-13-7-5-4-6-8-13/h4-8,11-12H,3,9-10H2,1-2H3,(H,22,24,25). The Morgan fingerprint density at radius 2 is 2.00 bits per heavy atom. The van der Waals surface area contributed by atoms with Gasteiger partial charge in [-0.3, -0.25) is 10.1 Å². The summed E-state index contributed by atoms with van der Waals surface area (Å²) in [6, 6.07) is 13.4. The molecule has 2 aromatic carbocycles. The molecule has 0 aliphatic rings. The number of hydrogen-bond acceptors (Lipinski definition) is 6. The second-order valence-corrected chi connectivity index (χ2v) is 7.87. The van der Waals surface area contributed by atoms with E-state index < -0.39 is 0 Å². The highest BCUT2D eigenvalue weighted by Crippen LogP contribution is 2.37. The highest BCUT2D eigenvalue weighted by molar-refractivity contribution is 9.10. The second kappa shape index (κ2) is 9.66. The van der Waals surface area contributed by atoms with Crippen molar-refractivity contribution in [3.63, 3.8) is 0 Å². The summed E-state index contributed by atoms with van der Waals surface area (Å²) >= 11 is 4.81. The van der Waals surface area contributed by atoms with Crippen LogP contribution in [0.15, 0.2) is 46.9 Å². The van der Waals surface area contributed by atoms with Crippen molar-refractivity contribution >= 4 is 38.3 Å². The summed E-state index contributed by atoms with van der Waals surface area (Å²) in [4.78, 5) is 12.6. The first kappa shape index (κ1) is 20.3. The van der Waals surface area contributed by atoms with Crippen molar-refractivity contribution in [3.8, 4) is 11.5 Å². The molecule has 0 saturated carbocycles. The van der Waals surface area contributed by atoms with Gasteiger partial charge in [0.25, 0.3) is 5.91 Å². The summed E-state index contributed by atoms with van der Waals surface area (Å²) in [5.74, 6) is 0.792. The van der Waals surface area contributed by atoms with Crippen molar-refractivity contribution < 1.29 is 14.3 Å². The van der Waals surface area contributed by atoms with Crippen LogP contribution in [0.25, 0.3) is 0 Å². The lowest BCUT2D eigenvalue weighted by molar-refractivity contribution is 0.102. The molecule has 0 atom stereocenters. The number of rotatable bonds is 8. The Morgan fingerprint density at radius 3 is 2.71 bits per heavy atom. The maximum atomic E-state index is 12.6. The van der Waals surface area contributed by atoms with Crippen molar-refractivity contribution in [2.24, 2.45) is 0 Å². The molecule has 1 aromatic heterocycles. The summed E-state index contributed by atoms with van der Waals surface area (Å²) in [6.45, 7) is 2.59. The third-order valence-corrected chi connectivity index (χ3v) is 5.26. The number of carbonyl (C=O) groups excluding carboxylic acids is 1. The van der Waals surface area contributed by atoms with Gasteiger partial charge in [-0.25, -0.2) is 0 Å². The zero-order valence-corrected chi connectivity index (χ0v) is 18.0. The van der Waals surface area contributed by atoms with E-state index in [9.17, 15) is 4.79 Å². The van der Waals surface area contributed by atoms with Crippen LogP contribution in [0.5, 0.6) is 11.5 Å². The number of anilines is 1. The Hall–Kier alpha value is -2.45. The van der Waals surface area contributed by atoms with Crippen molar-refractivity contribution in [2.45, 2.75) is 19.8 Å². The Kier molecular flexibility index (Phi) is 7.00. The molecule has 3 aromatic rings. The van der Waals surface area contributed by atoms with Crippen LogP contribution in [0.3, 0.4) is 0 Å². The van der Waals surface area contributed by atoms with Crippen LogP contribution < -0.4 is 14.8 Å². The summed E-state index contributed by atoms with van der Waals surface area (Å²) < 4.78 is 11.7. The molecule has 3 rings (SSSR count). The van der Waals surface area contributed by atoms with E-state index in [2.05, 4.69) is 31.4 Å².